The highest BCUT2D eigenvalue weighted by atomic mass is 35.5. The number of nitrogens with zero attached hydrogens (tertiary/aromatic N) is 2. The number of likely N-dealkylation sites (N-methyl/N-ethyl adjacent to an activating group) is 1. The predicted molar refractivity (Wildman–Crippen MR) is 97.1 cm³/mol. The molecule has 3 aromatic rings. The molecule has 0 saturated heterocycles. The second-order valence-corrected chi connectivity index (χ2v) is 6.37. The molecule has 0 fully saturated rings. The Balaban J connectivity index is 1.73. The minimum atomic E-state index is -0.868. The van der Waals surface area contributed by atoms with E-state index in [-0.39, 0.29) is 34.1 Å². The Labute approximate surface area is 164 Å². The molecule has 0 saturated carbocycles. The van der Waals surface area contributed by atoms with Crippen LogP contribution in [0.3, 0.4) is 0 Å². The number of ether oxygens (including phenoxy) is 1. The summed E-state index contributed by atoms with van der Waals surface area (Å²) in [5, 5.41) is 3.80. The van der Waals surface area contributed by atoms with Crippen LogP contribution in [0.15, 0.2) is 45.5 Å². The maximum absolute atomic E-state index is 14.2. The largest absolute Gasteiger partial charge is 0.467 e. The number of hydrogen-bond acceptors (Lipinski definition) is 6. The summed E-state index contributed by atoms with van der Waals surface area (Å²) in [6.45, 7) is 1.20. The van der Waals surface area contributed by atoms with E-state index >= 15 is 0 Å². The number of aromatic nitrogens is 1. The van der Waals surface area contributed by atoms with E-state index in [1.54, 1.807) is 19.2 Å². The van der Waals surface area contributed by atoms with Crippen molar-refractivity contribution >= 4 is 23.5 Å². The molecule has 0 spiro atoms. The number of furan rings is 1. The fourth-order valence-corrected chi connectivity index (χ4v) is 2.79. The minimum Gasteiger partial charge on any atom is -0.467 e. The molecule has 0 aliphatic heterocycles. The van der Waals surface area contributed by atoms with Crippen LogP contribution in [0, 0.1) is 12.7 Å². The first-order valence-electron chi connectivity index (χ1n) is 8.22. The van der Waals surface area contributed by atoms with E-state index in [0.717, 1.165) is 0 Å². The first-order valence-corrected chi connectivity index (χ1v) is 8.60. The third-order valence-electron chi connectivity index (χ3n) is 3.99. The van der Waals surface area contributed by atoms with Gasteiger partial charge < -0.3 is 18.6 Å². The zero-order valence-corrected chi connectivity index (χ0v) is 15.8. The van der Waals surface area contributed by atoms with E-state index < -0.39 is 24.3 Å². The molecule has 1 amide bonds. The molecule has 2 aromatic heterocycles. The first kappa shape index (κ1) is 19.6. The van der Waals surface area contributed by atoms with E-state index in [1.807, 2.05) is 0 Å². The van der Waals surface area contributed by atoms with Gasteiger partial charge in [0.25, 0.3) is 5.91 Å². The van der Waals surface area contributed by atoms with Gasteiger partial charge in [-0.2, -0.15) is 0 Å². The fraction of sp³-hybridized carbons (Fsp3) is 0.211. The van der Waals surface area contributed by atoms with Crippen molar-refractivity contribution in [1.29, 1.82) is 0 Å². The van der Waals surface area contributed by atoms with Gasteiger partial charge in [0.2, 0.25) is 0 Å². The number of halogens is 2. The Morgan fingerprint density at radius 2 is 2.07 bits per heavy atom. The highest BCUT2D eigenvalue weighted by Gasteiger charge is 2.27. The van der Waals surface area contributed by atoms with Crippen LogP contribution < -0.4 is 0 Å². The molecule has 9 heteroatoms. The number of aryl methyl sites for hydroxylation is 1. The van der Waals surface area contributed by atoms with Crippen LogP contribution in [-0.4, -0.2) is 35.6 Å². The fourth-order valence-electron chi connectivity index (χ4n) is 2.54. The second kappa shape index (κ2) is 8.26. The molecule has 1 aromatic carbocycles. The molecular weight excluding hydrogens is 391 g/mol. The highest BCUT2D eigenvalue weighted by Crippen LogP contribution is 2.33. The van der Waals surface area contributed by atoms with Crippen molar-refractivity contribution in [3.05, 3.63) is 64.5 Å². The van der Waals surface area contributed by atoms with Crippen LogP contribution in [0.25, 0.3) is 11.3 Å². The summed E-state index contributed by atoms with van der Waals surface area (Å²) in [6.07, 6.45) is 1.50. The Morgan fingerprint density at radius 3 is 2.75 bits per heavy atom. The van der Waals surface area contributed by atoms with Crippen molar-refractivity contribution < 1.29 is 27.7 Å². The van der Waals surface area contributed by atoms with Crippen LogP contribution >= 0.6 is 11.6 Å². The zero-order chi connectivity index (χ0) is 20.3. The third kappa shape index (κ3) is 4.07. The van der Waals surface area contributed by atoms with Crippen LogP contribution in [0.2, 0.25) is 5.02 Å². The summed E-state index contributed by atoms with van der Waals surface area (Å²) < 4.78 is 29.5. The topological polar surface area (TPSA) is 85.8 Å². The molecule has 146 valence electrons. The molecule has 0 radical (unpaired) electrons. The molecule has 0 atom stereocenters. The predicted octanol–water partition coefficient (Wildman–Crippen LogP) is 3.85. The first-order chi connectivity index (χ1) is 13.4. The van der Waals surface area contributed by atoms with Gasteiger partial charge in [0.05, 0.1) is 23.4 Å². The van der Waals surface area contributed by atoms with Gasteiger partial charge in [-0.1, -0.05) is 22.8 Å². The van der Waals surface area contributed by atoms with Gasteiger partial charge in [-0.05, 0) is 31.2 Å². The van der Waals surface area contributed by atoms with Crippen molar-refractivity contribution in [1.82, 2.24) is 10.1 Å². The number of carbonyl (C=O) groups excluding carboxylic acids is 2. The van der Waals surface area contributed by atoms with Gasteiger partial charge in [0.15, 0.2) is 6.61 Å². The monoisotopic (exact) mass is 406 g/mol. The Hall–Kier alpha value is -3.13. The number of esters is 1. The molecule has 0 aliphatic carbocycles. The Bertz CT molecular complexity index is 980. The highest BCUT2D eigenvalue weighted by molar-refractivity contribution is 6.33. The van der Waals surface area contributed by atoms with E-state index in [9.17, 15) is 14.0 Å². The number of hydrogen-bond donors (Lipinski definition) is 0. The van der Waals surface area contributed by atoms with Crippen molar-refractivity contribution in [2.75, 3.05) is 13.7 Å². The van der Waals surface area contributed by atoms with E-state index in [1.165, 1.54) is 36.3 Å². The SMILES string of the molecule is Cc1onc(-c2c(F)cccc2Cl)c1C(=O)OCC(=O)N(C)Cc1ccco1. The summed E-state index contributed by atoms with van der Waals surface area (Å²) in [7, 11) is 1.55. The lowest BCUT2D eigenvalue weighted by molar-refractivity contribution is -0.134. The van der Waals surface area contributed by atoms with E-state index in [2.05, 4.69) is 5.16 Å². The van der Waals surface area contributed by atoms with Crippen molar-refractivity contribution in [3.63, 3.8) is 0 Å². The van der Waals surface area contributed by atoms with Crippen molar-refractivity contribution in [2.45, 2.75) is 13.5 Å². The van der Waals surface area contributed by atoms with Gasteiger partial charge in [-0.3, -0.25) is 4.79 Å². The maximum Gasteiger partial charge on any atom is 0.344 e. The average Bonchev–Trinajstić information content (AvgIpc) is 3.29. The molecule has 0 aliphatic rings. The lowest BCUT2D eigenvalue weighted by Gasteiger charge is -2.15. The minimum absolute atomic E-state index is 0.0663. The van der Waals surface area contributed by atoms with Crippen LogP contribution in [-0.2, 0) is 16.1 Å². The zero-order valence-electron chi connectivity index (χ0n) is 15.1. The lowest BCUT2D eigenvalue weighted by atomic mass is 10.1. The van der Waals surface area contributed by atoms with Gasteiger partial charge in [-0.25, -0.2) is 9.18 Å². The smallest absolute Gasteiger partial charge is 0.344 e. The molecule has 0 bridgehead atoms. The standard InChI is InChI=1S/C19H16ClFN2O5/c1-11-16(18(22-28-11)17-13(20)6-3-7-14(17)21)19(25)27-10-15(24)23(2)9-12-5-4-8-26-12/h3-8H,9-10H2,1-2H3. The van der Waals surface area contributed by atoms with E-state index in [4.69, 9.17) is 25.3 Å². The summed E-state index contributed by atoms with van der Waals surface area (Å²) in [6, 6.07) is 7.51. The summed E-state index contributed by atoms with van der Waals surface area (Å²) in [5.41, 5.74) is -0.246. The molecule has 3 rings (SSSR count). The normalized spacial score (nSPS) is 10.7. The number of benzene rings is 1. The van der Waals surface area contributed by atoms with Crippen LogP contribution in [0.5, 0.6) is 0 Å². The number of rotatable bonds is 6. The molecule has 0 N–H and O–H groups in total. The molecule has 7 nitrogen and oxygen atoms in total. The average molecular weight is 407 g/mol. The van der Waals surface area contributed by atoms with Crippen molar-refractivity contribution in [3.8, 4) is 11.3 Å². The van der Waals surface area contributed by atoms with Gasteiger partial charge in [0, 0.05) is 7.05 Å². The van der Waals surface area contributed by atoms with Gasteiger partial charge in [0.1, 0.15) is 28.6 Å². The summed E-state index contributed by atoms with van der Waals surface area (Å²) in [5.74, 6) is -1.26. The Kier molecular flexibility index (Phi) is 5.79. The summed E-state index contributed by atoms with van der Waals surface area (Å²) in [4.78, 5) is 26.0. The van der Waals surface area contributed by atoms with E-state index in [0.29, 0.717) is 5.76 Å². The van der Waals surface area contributed by atoms with Gasteiger partial charge >= 0.3 is 5.97 Å². The quantitative estimate of drug-likeness (QED) is 0.578. The molecular formula is C19H16ClFN2O5. The van der Waals surface area contributed by atoms with Crippen LogP contribution in [0.1, 0.15) is 21.9 Å². The number of carbonyl (C=O) groups is 2. The molecule has 0 unspecified atom stereocenters. The molecule has 2 heterocycles. The lowest BCUT2D eigenvalue weighted by Crippen LogP contribution is -2.30. The van der Waals surface area contributed by atoms with Gasteiger partial charge in [-0.15, -0.1) is 0 Å². The molecule has 28 heavy (non-hydrogen) atoms. The maximum atomic E-state index is 14.2. The second-order valence-electron chi connectivity index (χ2n) is 5.96. The van der Waals surface area contributed by atoms with Crippen LogP contribution in [0.4, 0.5) is 4.39 Å². The van der Waals surface area contributed by atoms with Crippen molar-refractivity contribution in [2.24, 2.45) is 0 Å². The summed E-state index contributed by atoms with van der Waals surface area (Å²) >= 11 is 6.04. The number of amides is 1. The third-order valence-corrected chi connectivity index (χ3v) is 4.31. The Morgan fingerprint density at radius 1 is 1.29 bits per heavy atom.